The zero-order valence-corrected chi connectivity index (χ0v) is 16.8. The van der Waals surface area contributed by atoms with Gasteiger partial charge in [-0.2, -0.15) is 18.6 Å². The fourth-order valence-electron chi connectivity index (χ4n) is 3.61. The van der Waals surface area contributed by atoms with Crippen LogP contribution in [0.1, 0.15) is 24.0 Å². The lowest BCUT2D eigenvalue weighted by Gasteiger charge is -2.25. The number of rotatable bonds is 6. The van der Waals surface area contributed by atoms with Crippen molar-refractivity contribution < 1.29 is 17.9 Å². The van der Waals surface area contributed by atoms with E-state index in [1.807, 2.05) is 0 Å². The molecular weight excluding hydrogens is 411 g/mol. The Morgan fingerprint density at radius 1 is 1.13 bits per heavy atom. The van der Waals surface area contributed by atoms with Gasteiger partial charge in [-0.1, -0.05) is 12.1 Å². The average molecular weight is 435 g/mol. The van der Waals surface area contributed by atoms with Gasteiger partial charge in [0.2, 0.25) is 11.7 Å². The zero-order valence-electron chi connectivity index (χ0n) is 16.8. The number of nitrogens with zero attached hydrogens (tertiary/aromatic N) is 4. The Kier molecular flexibility index (Phi) is 5.73. The molecule has 2 aromatic rings. The van der Waals surface area contributed by atoms with E-state index >= 15 is 0 Å². The second-order valence-electron chi connectivity index (χ2n) is 7.51. The van der Waals surface area contributed by atoms with Crippen molar-refractivity contribution in [3.63, 3.8) is 0 Å². The summed E-state index contributed by atoms with van der Waals surface area (Å²) in [7, 11) is 0. The molecular formula is C20H24F3N7O. The van der Waals surface area contributed by atoms with Gasteiger partial charge in [0.15, 0.2) is 5.82 Å². The lowest BCUT2D eigenvalue weighted by atomic mass is 10.1. The minimum absolute atomic E-state index is 0.0646. The Morgan fingerprint density at radius 2 is 1.84 bits per heavy atom. The highest BCUT2D eigenvalue weighted by molar-refractivity contribution is 5.95. The maximum Gasteiger partial charge on any atom is 0.416 e. The van der Waals surface area contributed by atoms with Crippen molar-refractivity contribution in [1.29, 1.82) is 0 Å². The van der Waals surface area contributed by atoms with Crippen LogP contribution in [-0.4, -0.2) is 42.1 Å². The van der Waals surface area contributed by atoms with Crippen molar-refractivity contribution in [3.8, 4) is 5.75 Å². The number of alkyl halides is 3. The summed E-state index contributed by atoms with van der Waals surface area (Å²) in [6.07, 6.45) is -0.987. The normalized spacial score (nSPS) is 22.1. The molecule has 1 fully saturated rings. The van der Waals surface area contributed by atoms with Crippen molar-refractivity contribution in [2.45, 2.75) is 24.8 Å². The van der Waals surface area contributed by atoms with Crippen LogP contribution in [0, 0.1) is 0 Å². The molecule has 0 spiro atoms. The van der Waals surface area contributed by atoms with E-state index in [0.717, 1.165) is 43.0 Å². The van der Waals surface area contributed by atoms with Crippen molar-refractivity contribution in [1.82, 2.24) is 15.3 Å². The van der Waals surface area contributed by atoms with Crippen LogP contribution in [0.2, 0.25) is 0 Å². The number of hydrazine groups is 1. The van der Waals surface area contributed by atoms with Crippen LogP contribution in [0.25, 0.3) is 0 Å². The zero-order chi connectivity index (χ0) is 22.1. The van der Waals surface area contributed by atoms with Gasteiger partial charge in [0, 0.05) is 18.3 Å². The van der Waals surface area contributed by atoms with Gasteiger partial charge < -0.3 is 10.5 Å². The summed E-state index contributed by atoms with van der Waals surface area (Å²) < 4.78 is 44.8. The first kappa shape index (κ1) is 21.3. The Labute approximate surface area is 177 Å². The number of hydrogen-bond donors (Lipinski definition) is 3. The van der Waals surface area contributed by atoms with Crippen LogP contribution >= 0.6 is 0 Å². The number of anilines is 1. The van der Waals surface area contributed by atoms with E-state index in [2.05, 4.69) is 20.3 Å². The third-order valence-electron chi connectivity index (χ3n) is 5.27. The van der Waals surface area contributed by atoms with Crippen molar-refractivity contribution in [2.24, 2.45) is 16.5 Å². The molecule has 1 saturated heterocycles. The minimum atomic E-state index is -4.51. The number of guanidine groups is 1. The Hall–Kier alpha value is -2.89. The van der Waals surface area contributed by atoms with Gasteiger partial charge in [-0.05, 0) is 50.2 Å². The fraction of sp³-hybridized carbons (Fsp3) is 0.400. The van der Waals surface area contributed by atoms with Crippen molar-refractivity contribution in [3.05, 3.63) is 53.7 Å². The topological polar surface area (TPSA) is 105 Å². The van der Waals surface area contributed by atoms with E-state index in [4.69, 9.17) is 16.2 Å². The van der Waals surface area contributed by atoms with E-state index in [9.17, 15) is 13.2 Å². The largest absolute Gasteiger partial charge is 0.492 e. The standard InChI is InChI=1S/C20H24F3N7O/c21-19(22,23)15-7-8-26-17(13-15)30-18(24)27-20(25,28-30)14-3-5-16(6-4-14)31-12-11-29-9-1-2-10-29/h3-8,13,28H,1-2,9-12,25H2,(H2,24,27). The summed E-state index contributed by atoms with van der Waals surface area (Å²) in [5, 5.41) is 1.13. The predicted molar refractivity (Wildman–Crippen MR) is 110 cm³/mol. The molecule has 2 aliphatic rings. The van der Waals surface area contributed by atoms with E-state index in [1.54, 1.807) is 24.3 Å². The Bertz CT molecular complexity index is 945. The predicted octanol–water partition coefficient (Wildman–Crippen LogP) is 1.98. The molecule has 11 heteroatoms. The number of ether oxygens (including phenoxy) is 1. The molecule has 1 aromatic carbocycles. The number of nitrogens with two attached hydrogens (primary N) is 2. The van der Waals surface area contributed by atoms with Crippen LogP contribution in [0.5, 0.6) is 5.75 Å². The molecule has 1 atom stereocenters. The van der Waals surface area contributed by atoms with E-state index < -0.39 is 17.5 Å². The maximum atomic E-state index is 13.0. The highest BCUT2D eigenvalue weighted by atomic mass is 19.4. The molecule has 1 unspecified atom stereocenters. The van der Waals surface area contributed by atoms with Crippen molar-refractivity contribution >= 4 is 11.8 Å². The monoisotopic (exact) mass is 435 g/mol. The molecule has 8 nitrogen and oxygen atoms in total. The fourth-order valence-corrected chi connectivity index (χ4v) is 3.61. The second-order valence-corrected chi connectivity index (χ2v) is 7.51. The highest BCUT2D eigenvalue weighted by Crippen LogP contribution is 2.32. The van der Waals surface area contributed by atoms with Crippen LogP contribution in [0.15, 0.2) is 47.6 Å². The number of likely N-dealkylation sites (tertiary alicyclic amines) is 1. The molecule has 0 saturated carbocycles. The minimum Gasteiger partial charge on any atom is -0.492 e. The summed E-state index contributed by atoms with van der Waals surface area (Å²) in [5.41, 5.74) is 14.8. The maximum absolute atomic E-state index is 13.0. The molecule has 0 amide bonds. The Balaban J connectivity index is 1.43. The number of pyridine rings is 1. The smallest absolute Gasteiger partial charge is 0.416 e. The van der Waals surface area contributed by atoms with Gasteiger partial charge in [-0.25, -0.2) is 15.0 Å². The molecule has 0 bridgehead atoms. The first-order valence-electron chi connectivity index (χ1n) is 9.96. The molecule has 166 valence electrons. The SMILES string of the molecule is NC1=NC(N)(c2ccc(OCCN3CCCC3)cc2)NN1c1cc(C(F)(F)F)ccn1. The summed E-state index contributed by atoms with van der Waals surface area (Å²) in [6.45, 7) is 3.69. The highest BCUT2D eigenvalue weighted by Gasteiger charge is 2.38. The first-order chi connectivity index (χ1) is 14.7. The van der Waals surface area contributed by atoms with Gasteiger partial charge in [0.1, 0.15) is 12.4 Å². The molecule has 0 radical (unpaired) electrons. The number of halogens is 3. The summed E-state index contributed by atoms with van der Waals surface area (Å²) >= 11 is 0. The van der Waals surface area contributed by atoms with Crippen LogP contribution in [0.4, 0.5) is 19.0 Å². The van der Waals surface area contributed by atoms with Crippen molar-refractivity contribution in [2.75, 3.05) is 31.3 Å². The van der Waals surface area contributed by atoms with Crippen LogP contribution in [-0.2, 0) is 12.0 Å². The van der Waals surface area contributed by atoms with E-state index in [0.29, 0.717) is 17.9 Å². The van der Waals surface area contributed by atoms with E-state index in [-0.39, 0.29) is 11.8 Å². The van der Waals surface area contributed by atoms with Gasteiger partial charge >= 0.3 is 6.18 Å². The molecule has 2 aliphatic heterocycles. The van der Waals surface area contributed by atoms with Crippen LogP contribution in [0.3, 0.4) is 0 Å². The third-order valence-corrected chi connectivity index (χ3v) is 5.27. The third kappa shape index (κ3) is 4.73. The van der Waals surface area contributed by atoms with E-state index in [1.165, 1.54) is 12.8 Å². The molecule has 4 rings (SSSR count). The number of nitrogens with one attached hydrogen (secondary N) is 1. The lowest BCUT2D eigenvalue weighted by molar-refractivity contribution is -0.137. The molecule has 1 aromatic heterocycles. The summed E-state index contributed by atoms with van der Waals surface area (Å²) in [4.78, 5) is 10.5. The van der Waals surface area contributed by atoms with Gasteiger partial charge in [0.05, 0.1) is 5.56 Å². The molecule has 0 aliphatic carbocycles. The molecule has 31 heavy (non-hydrogen) atoms. The number of hydrogen-bond acceptors (Lipinski definition) is 8. The van der Waals surface area contributed by atoms with Gasteiger partial charge in [-0.15, -0.1) is 0 Å². The van der Waals surface area contributed by atoms with Gasteiger partial charge in [0.25, 0.3) is 0 Å². The molecule has 3 heterocycles. The molecule has 5 N–H and O–H groups in total. The van der Waals surface area contributed by atoms with Crippen LogP contribution < -0.4 is 26.6 Å². The Morgan fingerprint density at radius 3 is 2.52 bits per heavy atom. The average Bonchev–Trinajstić information content (AvgIpc) is 3.36. The lowest BCUT2D eigenvalue weighted by Crippen LogP contribution is -2.53. The number of benzene rings is 1. The quantitative estimate of drug-likeness (QED) is 0.637. The first-order valence-corrected chi connectivity index (χ1v) is 9.96. The summed E-state index contributed by atoms with van der Waals surface area (Å²) in [6, 6.07) is 8.76. The summed E-state index contributed by atoms with van der Waals surface area (Å²) in [5.74, 6) is -0.919. The second kappa shape index (κ2) is 8.33. The number of aromatic nitrogens is 1. The number of aliphatic imine (C=N–C) groups is 1. The van der Waals surface area contributed by atoms with Gasteiger partial charge in [-0.3, -0.25) is 10.6 Å².